The highest BCUT2D eigenvalue weighted by molar-refractivity contribution is 5.97. The molecule has 1 N–H and O–H groups in total. The van der Waals surface area contributed by atoms with Crippen LogP contribution in [0.15, 0.2) is 65.3 Å². The Morgan fingerprint density at radius 3 is 2.73 bits per heavy atom. The smallest absolute Gasteiger partial charge is 0.339 e. The molecule has 4 aromatic rings. The zero-order valence-corrected chi connectivity index (χ0v) is 14.4. The SMILES string of the molecule is COC(=O)c1ccccc1Nc1c(-c2ccco2)nc2cccc(C)n12. The predicted molar refractivity (Wildman–Crippen MR) is 98.7 cm³/mol. The number of esters is 1. The van der Waals surface area contributed by atoms with E-state index < -0.39 is 5.97 Å². The van der Waals surface area contributed by atoms with Gasteiger partial charge in [0.2, 0.25) is 0 Å². The minimum absolute atomic E-state index is 0.404. The Bertz CT molecular complexity index is 1080. The number of aromatic nitrogens is 2. The fraction of sp³-hybridized carbons (Fsp3) is 0.100. The fourth-order valence-corrected chi connectivity index (χ4v) is 2.96. The van der Waals surface area contributed by atoms with Crippen LogP contribution in [0.1, 0.15) is 16.1 Å². The first-order valence-corrected chi connectivity index (χ1v) is 8.15. The summed E-state index contributed by atoms with van der Waals surface area (Å²) in [6, 6.07) is 16.8. The number of furan rings is 1. The molecule has 6 heteroatoms. The summed E-state index contributed by atoms with van der Waals surface area (Å²) in [6.07, 6.45) is 1.61. The van der Waals surface area contributed by atoms with Gasteiger partial charge in [0.05, 0.1) is 24.6 Å². The number of imidazole rings is 1. The Balaban J connectivity index is 1.92. The number of ether oxygens (including phenoxy) is 1. The van der Waals surface area contributed by atoms with Gasteiger partial charge in [-0.15, -0.1) is 0 Å². The molecule has 0 aliphatic rings. The van der Waals surface area contributed by atoms with Crippen LogP contribution in [0.25, 0.3) is 17.1 Å². The summed E-state index contributed by atoms with van der Waals surface area (Å²) in [5.74, 6) is 0.966. The number of nitrogens with zero attached hydrogens (tertiary/aromatic N) is 2. The van der Waals surface area contributed by atoms with Gasteiger partial charge in [0.1, 0.15) is 17.2 Å². The second-order valence-corrected chi connectivity index (χ2v) is 5.81. The third kappa shape index (κ3) is 2.61. The molecule has 0 saturated carbocycles. The van der Waals surface area contributed by atoms with Gasteiger partial charge in [0.15, 0.2) is 5.76 Å². The molecule has 1 aromatic carbocycles. The summed E-state index contributed by atoms with van der Waals surface area (Å²) in [5, 5.41) is 3.35. The zero-order valence-electron chi connectivity index (χ0n) is 14.4. The first kappa shape index (κ1) is 16.0. The first-order valence-electron chi connectivity index (χ1n) is 8.15. The fourth-order valence-electron chi connectivity index (χ4n) is 2.96. The van der Waals surface area contributed by atoms with Crippen molar-refractivity contribution >= 4 is 23.1 Å². The maximum absolute atomic E-state index is 12.1. The van der Waals surface area contributed by atoms with Crippen LogP contribution in [0.2, 0.25) is 0 Å². The van der Waals surface area contributed by atoms with E-state index in [9.17, 15) is 4.79 Å². The molecule has 3 heterocycles. The Morgan fingerprint density at radius 1 is 1.12 bits per heavy atom. The first-order chi connectivity index (χ1) is 12.7. The molecule has 0 amide bonds. The van der Waals surface area contributed by atoms with Crippen LogP contribution in [0.4, 0.5) is 11.5 Å². The van der Waals surface area contributed by atoms with Crippen LogP contribution in [0.5, 0.6) is 0 Å². The van der Waals surface area contributed by atoms with Crippen LogP contribution < -0.4 is 5.32 Å². The van der Waals surface area contributed by atoms with Crippen molar-refractivity contribution in [1.82, 2.24) is 9.38 Å². The molecule has 0 aliphatic carbocycles. The van der Waals surface area contributed by atoms with Gasteiger partial charge in [-0.25, -0.2) is 9.78 Å². The quantitative estimate of drug-likeness (QED) is 0.553. The van der Waals surface area contributed by atoms with Crippen molar-refractivity contribution in [3.05, 3.63) is 72.1 Å². The lowest BCUT2D eigenvalue weighted by Gasteiger charge is -2.12. The second kappa shape index (κ2) is 6.40. The molecule has 6 nitrogen and oxygen atoms in total. The summed E-state index contributed by atoms with van der Waals surface area (Å²) in [5.41, 5.74) is 3.55. The molecular weight excluding hydrogens is 330 g/mol. The van der Waals surface area contributed by atoms with E-state index in [0.29, 0.717) is 22.7 Å². The Kier molecular flexibility index (Phi) is 3.93. The Hall–Kier alpha value is -3.54. The summed E-state index contributed by atoms with van der Waals surface area (Å²) < 4.78 is 12.4. The van der Waals surface area contributed by atoms with Crippen molar-refractivity contribution in [1.29, 1.82) is 0 Å². The average Bonchev–Trinajstić information content (AvgIpc) is 3.30. The highest BCUT2D eigenvalue weighted by Crippen LogP contribution is 2.33. The van der Waals surface area contributed by atoms with Gasteiger partial charge in [-0.05, 0) is 43.3 Å². The molecule has 0 spiro atoms. The van der Waals surface area contributed by atoms with E-state index in [1.54, 1.807) is 18.4 Å². The minimum Gasteiger partial charge on any atom is -0.465 e. The second-order valence-electron chi connectivity index (χ2n) is 5.81. The number of nitrogens with one attached hydrogen (secondary N) is 1. The maximum Gasteiger partial charge on any atom is 0.339 e. The van der Waals surface area contributed by atoms with E-state index in [4.69, 9.17) is 14.1 Å². The molecule has 3 aromatic heterocycles. The molecule has 0 aliphatic heterocycles. The molecule has 130 valence electrons. The Labute approximate surface area is 150 Å². The van der Waals surface area contributed by atoms with Crippen molar-refractivity contribution in [3.8, 4) is 11.5 Å². The number of anilines is 2. The lowest BCUT2D eigenvalue weighted by Crippen LogP contribution is -2.07. The van der Waals surface area contributed by atoms with Crippen LogP contribution in [-0.4, -0.2) is 22.5 Å². The number of aryl methyl sites for hydroxylation is 1. The van der Waals surface area contributed by atoms with Crippen molar-refractivity contribution in [2.24, 2.45) is 0 Å². The third-order valence-corrected chi connectivity index (χ3v) is 4.18. The van der Waals surface area contributed by atoms with Crippen LogP contribution in [0, 0.1) is 6.92 Å². The summed E-state index contributed by atoms with van der Waals surface area (Å²) in [7, 11) is 1.37. The van der Waals surface area contributed by atoms with Crippen LogP contribution in [0.3, 0.4) is 0 Å². The van der Waals surface area contributed by atoms with Crippen molar-refractivity contribution in [2.45, 2.75) is 6.92 Å². The van der Waals surface area contributed by atoms with Crippen LogP contribution in [-0.2, 0) is 4.74 Å². The van der Waals surface area contributed by atoms with Gasteiger partial charge >= 0.3 is 5.97 Å². The molecule has 0 unspecified atom stereocenters. The number of carbonyl (C=O) groups is 1. The highest BCUT2D eigenvalue weighted by atomic mass is 16.5. The van der Waals surface area contributed by atoms with Crippen molar-refractivity contribution < 1.29 is 13.9 Å². The topological polar surface area (TPSA) is 68.8 Å². The van der Waals surface area contributed by atoms with E-state index in [2.05, 4.69) is 5.32 Å². The molecule has 0 radical (unpaired) electrons. The molecule has 0 bridgehead atoms. The summed E-state index contributed by atoms with van der Waals surface area (Å²) in [4.78, 5) is 16.8. The van der Waals surface area contributed by atoms with Gasteiger partial charge in [0.25, 0.3) is 0 Å². The van der Waals surface area contributed by atoms with E-state index in [-0.39, 0.29) is 0 Å². The molecule has 26 heavy (non-hydrogen) atoms. The minimum atomic E-state index is -0.404. The number of pyridine rings is 1. The predicted octanol–water partition coefficient (Wildman–Crippen LogP) is 4.43. The molecule has 0 fully saturated rings. The lowest BCUT2D eigenvalue weighted by atomic mass is 10.1. The molecule has 0 atom stereocenters. The number of hydrogen-bond acceptors (Lipinski definition) is 5. The average molecular weight is 347 g/mol. The van der Waals surface area contributed by atoms with E-state index in [1.807, 2.05) is 53.8 Å². The third-order valence-electron chi connectivity index (χ3n) is 4.18. The zero-order chi connectivity index (χ0) is 18.1. The molecular formula is C20H17N3O3. The largest absolute Gasteiger partial charge is 0.465 e. The number of fused-ring (bicyclic) bond motifs is 1. The van der Waals surface area contributed by atoms with Gasteiger partial charge in [-0.2, -0.15) is 0 Å². The van der Waals surface area contributed by atoms with Crippen molar-refractivity contribution in [3.63, 3.8) is 0 Å². The van der Waals surface area contributed by atoms with Gasteiger partial charge in [0, 0.05) is 5.69 Å². The number of rotatable bonds is 4. The number of carbonyl (C=O) groups excluding carboxylic acids is 1. The molecule has 4 rings (SSSR count). The number of methoxy groups -OCH3 is 1. The number of para-hydroxylation sites is 1. The standard InChI is InChI=1S/C20H17N3O3/c1-13-7-5-11-17-22-18(16-10-6-12-26-16)19(23(13)17)21-15-9-4-3-8-14(15)20(24)25-2/h3-12,21H,1-2H3. The summed E-state index contributed by atoms with van der Waals surface area (Å²) >= 11 is 0. The normalized spacial score (nSPS) is 10.8. The lowest BCUT2D eigenvalue weighted by molar-refractivity contribution is 0.0602. The summed E-state index contributed by atoms with van der Waals surface area (Å²) in [6.45, 7) is 2.00. The van der Waals surface area contributed by atoms with E-state index >= 15 is 0 Å². The van der Waals surface area contributed by atoms with Crippen LogP contribution >= 0.6 is 0 Å². The number of benzene rings is 1. The van der Waals surface area contributed by atoms with Gasteiger partial charge in [-0.3, -0.25) is 4.40 Å². The monoisotopic (exact) mass is 347 g/mol. The van der Waals surface area contributed by atoms with E-state index in [1.165, 1.54) is 7.11 Å². The Morgan fingerprint density at radius 2 is 1.96 bits per heavy atom. The van der Waals surface area contributed by atoms with Crippen molar-refractivity contribution in [2.75, 3.05) is 12.4 Å². The maximum atomic E-state index is 12.1. The molecule has 0 saturated heterocycles. The van der Waals surface area contributed by atoms with Gasteiger partial charge < -0.3 is 14.5 Å². The van der Waals surface area contributed by atoms with E-state index in [0.717, 1.165) is 17.2 Å². The highest BCUT2D eigenvalue weighted by Gasteiger charge is 2.20. The van der Waals surface area contributed by atoms with Gasteiger partial charge in [-0.1, -0.05) is 18.2 Å². The number of hydrogen-bond donors (Lipinski definition) is 1.